The van der Waals surface area contributed by atoms with E-state index in [1.165, 1.54) is 12.3 Å². The summed E-state index contributed by atoms with van der Waals surface area (Å²) in [6, 6.07) is 0.237. The number of nitrogens with two attached hydrogens (primary N) is 1. The molecule has 9 heteroatoms. The molecular formula is C12H13Cl2N3O4. The number of aromatic nitrogens is 1. The van der Waals surface area contributed by atoms with E-state index in [2.05, 4.69) is 4.98 Å². The smallest absolute Gasteiger partial charge is 0.340 e. The number of urea groups is 1. The van der Waals surface area contributed by atoms with Gasteiger partial charge in [-0.1, -0.05) is 37.0 Å². The number of primary amides is 1. The second-order valence-electron chi connectivity index (χ2n) is 4.42. The van der Waals surface area contributed by atoms with Gasteiger partial charge in [0.15, 0.2) is 6.10 Å². The van der Waals surface area contributed by atoms with Crippen LogP contribution in [0.5, 0.6) is 0 Å². The predicted octanol–water partition coefficient (Wildman–Crippen LogP) is 1.76. The quantitative estimate of drug-likeness (QED) is 0.644. The van der Waals surface area contributed by atoms with Crippen LogP contribution >= 0.6 is 23.2 Å². The van der Waals surface area contributed by atoms with Crippen LogP contribution in [-0.4, -0.2) is 29.0 Å². The molecule has 0 saturated heterocycles. The van der Waals surface area contributed by atoms with E-state index in [0.29, 0.717) is 0 Å². The summed E-state index contributed by atoms with van der Waals surface area (Å²) in [7, 11) is 0. The molecule has 0 aromatic carbocycles. The molecule has 21 heavy (non-hydrogen) atoms. The Bertz CT molecular complexity index is 578. The van der Waals surface area contributed by atoms with Crippen LogP contribution in [0.4, 0.5) is 4.79 Å². The largest absolute Gasteiger partial charge is 0.448 e. The first-order valence-corrected chi connectivity index (χ1v) is 6.60. The summed E-state index contributed by atoms with van der Waals surface area (Å²) in [5, 5.41) is 1.98. The van der Waals surface area contributed by atoms with Crippen molar-refractivity contribution in [1.29, 1.82) is 0 Å². The maximum absolute atomic E-state index is 12.0. The monoisotopic (exact) mass is 333 g/mol. The number of nitrogens with zero attached hydrogens (tertiary/aromatic N) is 1. The van der Waals surface area contributed by atoms with Gasteiger partial charge >= 0.3 is 12.0 Å². The van der Waals surface area contributed by atoms with Crippen molar-refractivity contribution in [3.63, 3.8) is 0 Å². The van der Waals surface area contributed by atoms with Crippen LogP contribution in [0.1, 0.15) is 24.2 Å². The topological polar surface area (TPSA) is 111 Å². The molecule has 114 valence electrons. The number of amides is 3. The van der Waals surface area contributed by atoms with E-state index in [9.17, 15) is 14.4 Å². The molecule has 1 atom stereocenters. The van der Waals surface area contributed by atoms with Gasteiger partial charge in [-0.2, -0.15) is 0 Å². The lowest BCUT2D eigenvalue weighted by molar-refractivity contribution is -0.130. The maximum Gasteiger partial charge on any atom is 0.340 e. The third kappa shape index (κ3) is 4.87. The number of hydrogen-bond acceptors (Lipinski definition) is 5. The van der Waals surface area contributed by atoms with Gasteiger partial charge in [0, 0.05) is 6.20 Å². The van der Waals surface area contributed by atoms with E-state index in [1.807, 2.05) is 5.32 Å². The average molecular weight is 334 g/mol. The SMILES string of the molecule is CC(C)[C@H](OC(=O)c1cnc(Cl)c(Cl)c1)C(=O)NC(N)=O. The zero-order chi connectivity index (χ0) is 16.2. The van der Waals surface area contributed by atoms with Crippen molar-refractivity contribution in [1.82, 2.24) is 10.3 Å². The molecule has 3 amide bonds. The molecule has 0 saturated carbocycles. The number of hydrogen-bond donors (Lipinski definition) is 2. The summed E-state index contributed by atoms with van der Waals surface area (Å²) in [6.07, 6.45) is -0.0145. The Morgan fingerprint density at radius 1 is 1.33 bits per heavy atom. The fourth-order valence-corrected chi connectivity index (χ4v) is 1.67. The molecule has 0 unspecified atom stereocenters. The second kappa shape index (κ2) is 7.24. The maximum atomic E-state index is 12.0. The Kier molecular flexibility index (Phi) is 5.92. The Hall–Kier alpha value is -1.86. The standard InChI is InChI=1S/C12H13Cl2N3O4/c1-5(2)8(10(18)17-12(15)20)21-11(19)6-3-7(13)9(14)16-4-6/h3-5,8H,1-2H3,(H3,15,17,18,20)/t8-/m0/s1. The Labute approximate surface area is 130 Å². The number of ether oxygens (including phenoxy) is 1. The Balaban J connectivity index is 2.88. The van der Waals surface area contributed by atoms with Crippen molar-refractivity contribution in [2.45, 2.75) is 20.0 Å². The van der Waals surface area contributed by atoms with Gasteiger partial charge in [-0.15, -0.1) is 0 Å². The van der Waals surface area contributed by atoms with Crippen LogP contribution < -0.4 is 11.1 Å². The lowest BCUT2D eigenvalue weighted by Gasteiger charge is -2.19. The van der Waals surface area contributed by atoms with Gasteiger partial charge in [-0.25, -0.2) is 14.6 Å². The van der Waals surface area contributed by atoms with E-state index in [4.69, 9.17) is 33.7 Å². The minimum absolute atomic E-state index is 0.0296. The van der Waals surface area contributed by atoms with Gasteiger partial charge < -0.3 is 10.5 Å². The first kappa shape index (κ1) is 17.2. The normalized spacial score (nSPS) is 11.9. The van der Waals surface area contributed by atoms with Crippen molar-refractivity contribution >= 4 is 41.1 Å². The molecule has 0 fully saturated rings. The molecule has 3 N–H and O–H groups in total. The fourth-order valence-electron chi connectivity index (χ4n) is 1.40. The number of carbonyl (C=O) groups is 3. The van der Waals surface area contributed by atoms with Gasteiger partial charge in [0.05, 0.1) is 10.6 Å². The molecule has 0 aliphatic rings. The molecule has 0 spiro atoms. The summed E-state index contributed by atoms with van der Waals surface area (Å²) >= 11 is 11.4. The van der Waals surface area contributed by atoms with Crippen molar-refractivity contribution in [2.24, 2.45) is 11.7 Å². The lowest BCUT2D eigenvalue weighted by Crippen LogP contribution is -2.45. The molecule has 7 nitrogen and oxygen atoms in total. The number of imide groups is 1. The lowest BCUT2D eigenvalue weighted by atomic mass is 10.1. The van der Waals surface area contributed by atoms with Gasteiger partial charge in [0.25, 0.3) is 5.91 Å². The van der Waals surface area contributed by atoms with Crippen LogP contribution in [0.15, 0.2) is 12.3 Å². The molecule has 1 aromatic rings. The van der Waals surface area contributed by atoms with Gasteiger partial charge in [-0.05, 0) is 12.0 Å². The zero-order valence-electron chi connectivity index (χ0n) is 11.2. The van der Waals surface area contributed by atoms with Crippen molar-refractivity contribution in [3.05, 3.63) is 28.0 Å². The number of rotatable bonds is 4. The van der Waals surface area contributed by atoms with Crippen LogP contribution in [0.3, 0.4) is 0 Å². The summed E-state index contributed by atoms with van der Waals surface area (Å²) in [5.74, 6) is -2.00. The molecule has 0 bridgehead atoms. The van der Waals surface area contributed by atoms with E-state index in [-0.39, 0.29) is 21.7 Å². The van der Waals surface area contributed by atoms with Crippen LogP contribution in [-0.2, 0) is 9.53 Å². The first-order valence-electron chi connectivity index (χ1n) is 5.84. The molecule has 1 heterocycles. The van der Waals surface area contributed by atoms with Crippen LogP contribution in [0, 0.1) is 5.92 Å². The summed E-state index contributed by atoms with van der Waals surface area (Å²) < 4.78 is 5.06. The number of pyridine rings is 1. The Morgan fingerprint density at radius 3 is 2.43 bits per heavy atom. The highest BCUT2D eigenvalue weighted by atomic mass is 35.5. The summed E-state index contributed by atoms with van der Waals surface area (Å²) in [6.45, 7) is 3.29. The van der Waals surface area contributed by atoms with Crippen molar-refractivity contribution < 1.29 is 19.1 Å². The molecular weight excluding hydrogens is 321 g/mol. The van der Waals surface area contributed by atoms with E-state index in [0.717, 1.165) is 0 Å². The third-order valence-electron chi connectivity index (χ3n) is 2.38. The van der Waals surface area contributed by atoms with Crippen LogP contribution in [0.25, 0.3) is 0 Å². The summed E-state index contributed by atoms with van der Waals surface area (Å²) in [4.78, 5) is 38.1. The first-order chi connectivity index (χ1) is 9.72. The van der Waals surface area contributed by atoms with Crippen molar-refractivity contribution in [2.75, 3.05) is 0 Å². The fraction of sp³-hybridized carbons (Fsp3) is 0.333. The highest BCUT2D eigenvalue weighted by Crippen LogP contribution is 2.20. The molecule has 0 aliphatic carbocycles. The van der Waals surface area contributed by atoms with E-state index in [1.54, 1.807) is 13.8 Å². The molecule has 1 rings (SSSR count). The van der Waals surface area contributed by atoms with Crippen LogP contribution in [0.2, 0.25) is 10.2 Å². The highest BCUT2D eigenvalue weighted by molar-refractivity contribution is 6.41. The highest BCUT2D eigenvalue weighted by Gasteiger charge is 2.28. The number of halogens is 2. The second-order valence-corrected chi connectivity index (χ2v) is 5.19. The molecule has 0 aliphatic heterocycles. The summed E-state index contributed by atoms with van der Waals surface area (Å²) in [5.41, 5.74) is 4.89. The average Bonchev–Trinajstić information content (AvgIpc) is 2.37. The molecule has 0 radical (unpaired) electrons. The van der Waals surface area contributed by atoms with E-state index >= 15 is 0 Å². The number of nitrogens with one attached hydrogen (secondary N) is 1. The molecule has 1 aromatic heterocycles. The minimum Gasteiger partial charge on any atom is -0.448 e. The zero-order valence-corrected chi connectivity index (χ0v) is 12.7. The third-order valence-corrected chi connectivity index (χ3v) is 3.06. The predicted molar refractivity (Wildman–Crippen MR) is 76.0 cm³/mol. The minimum atomic E-state index is -1.18. The van der Waals surface area contributed by atoms with Gasteiger partial charge in [0.2, 0.25) is 0 Å². The Morgan fingerprint density at radius 2 is 1.95 bits per heavy atom. The van der Waals surface area contributed by atoms with E-state index < -0.39 is 24.0 Å². The number of carbonyl (C=O) groups excluding carboxylic acids is 3. The number of esters is 1. The van der Waals surface area contributed by atoms with Gasteiger partial charge in [-0.3, -0.25) is 10.1 Å². The van der Waals surface area contributed by atoms with Gasteiger partial charge in [0.1, 0.15) is 5.15 Å². The van der Waals surface area contributed by atoms with Crippen molar-refractivity contribution in [3.8, 4) is 0 Å².